The second-order valence-electron chi connectivity index (χ2n) is 4.25. The number of hydrogen-bond donors (Lipinski definition) is 1. The Balaban J connectivity index is 1.91. The van der Waals surface area contributed by atoms with E-state index in [1.165, 1.54) is 16.0 Å². The third-order valence-electron chi connectivity index (χ3n) is 2.65. The van der Waals surface area contributed by atoms with Gasteiger partial charge in [0.15, 0.2) is 0 Å². The lowest BCUT2D eigenvalue weighted by Gasteiger charge is -2.02. The first kappa shape index (κ1) is 14.2. The van der Waals surface area contributed by atoms with Crippen molar-refractivity contribution in [3.63, 3.8) is 0 Å². The van der Waals surface area contributed by atoms with Crippen LogP contribution in [0.2, 0.25) is 0 Å². The zero-order chi connectivity index (χ0) is 13.5. The summed E-state index contributed by atoms with van der Waals surface area (Å²) in [6.07, 6.45) is 0. The minimum absolute atomic E-state index is 0.422. The van der Waals surface area contributed by atoms with Crippen molar-refractivity contribution in [3.05, 3.63) is 57.3 Å². The Bertz CT molecular complexity index is 590. The normalized spacial score (nSPS) is 10.0. The summed E-state index contributed by atoms with van der Waals surface area (Å²) < 4.78 is 0. The molecular formula is C16H17NS2. The van der Waals surface area contributed by atoms with E-state index in [0.29, 0.717) is 6.54 Å². The van der Waals surface area contributed by atoms with E-state index in [4.69, 9.17) is 5.73 Å². The van der Waals surface area contributed by atoms with E-state index in [0.717, 1.165) is 17.1 Å². The first-order valence-electron chi connectivity index (χ1n) is 6.18. The molecule has 0 saturated heterocycles. The molecule has 98 valence electrons. The second-order valence-corrected chi connectivity index (χ2v) is 6.23. The van der Waals surface area contributed by atoms with Gasteiger partial charge in [-0.05, 0) is 23.9 Å². The summed E-state index contributed by atoms with van der Waals surface area (Å²) in [5, 5.41) is 2.10. The molecule has 19 heavy (non-hydrogen) atoms. The van der Waals surface area contributed by atoms with E-state index in [2.05, 4.69) is 54.5 Å². The average molecular weight is 287 g/mol. The van der Waals surface area contributed by atoms with Gasteiger partial charge in [0.25, 0.3) is 0 Å². The molecule has 0 unspecified atom stereocenters. The number of hydrogen-bond acceptors (Lipinski definition) is 3. The quantitative estimate of drug-likeness (QED) is 0.866. The van der Waals surface area contributed by atoms with Crippen LogP contribution >= 0.6 is 23.1 Å². The Morgan fingerprint density at radius 3 is 2.95 bits per heavy atom. The highest BCUT2D eigenvalue weighted by Crippen LogP contribution is 2.24. The van der Waals surface area contributed by atoms with Gasteiger partial charge in [0.1, 0.15) is 0 Å². The summed E-state index contributed by atoms with van der Waals surface area (Å²) in [7, 11) is 0. The molecule has 2 aromatic rings. The third-order valence-corrected chi connectivity index (χ3v) is 4.79. The largest absolute Gasteiger partial charge is 0.320 e. The highest BCUT2D eigenvalue weighted by atomic mass is 32.2. The highest BCUT2D eigenvalue weighted by molar-refractivity contribution is 7.97. The van der Waals surface area contributed by atoms with Crippen LogP contribution in [0.15, 0.2) is 35.7 Å². The van der Waals surface area contributed by atoms with E-state index in [-0.39, 0.29) is 0 Å². The molecule has 0 saturated carbocycles. The maximum Gasteiger partial charge on any atom is 0.0555 e. The third kappa shape index (κ3) is 4.43. The molecule has 0 bridgehead atoms. The van der Waals surface area contributed by atoms with Crippen LogP contribution in [-0.2, 0) is 11.5 Å². The monoisotopic (exact) mass is 287 g/mol. The second kappa shape index (κ2) is 7.40. The fraction of sp³-hybridized carbons (Fsp3) is 0.250. The molecule has 1 nitrogen and oxygen atoms in total. The molecule has 0 spiro atoms. The number of thiophene rings is 1. The van der Waals surface area contributed by atoms with Crippen LogP contribution in [-0.4, -0.2) is 6.54 Å². The molecule has 1 aromatic carbocycles. The van der Waals surface area contributed by atoms with Gasteiger partial charge in [-0.1, -0.05) is 41.7 Å². The Kier molecular flexibility index (Phi) is 5.53. The summed E-state index contributed by atoms with van der Waals surface area (Å²) in [5.41, 5.74) is 9.25. The van der Waals surface area contributed by atoms with Gasteiger partial charge in [-0.15, -0.1) is 11.3 Å². The summed E-state index contributed by atoms with van der Waals surface area (Å²) in [6, 6.07) is 10.8. The fourth-order valence-electron chi connectivity index (χ4n) is 1.77. The molecule has 3 heteroatoms. The number of aryl methyl sites for hydroxylation is 1. The van der Waals surface area contributed by atoms with Crippen molar-refractivity contribution < 1.29 is 0 Å². The van der Waals surface area contributed by atoms with Crippen molar-refractivity contribution in [1.29, 1.82) is 0 Å². The van der Waals surface area contributed by atoms with Crippen LogP contribution in [0.5, 0.6) is 0 Å². The van der Waals surface area contributed by atoms with Gasteiger partial charge in [0.05, 0.1) is 6.54 Å². The zero-order valence-corrected chi connectivity index (χ0v) is 12.6. The average Bonchev–Trinajstić information content (AvgIpc) is 2.84. The summed E-state index contributed by atoms with van der Waals surface area (Å²) in [6.45, 7) is 2.56. The van der Waals surface area contributed by atoms with Gasteiger partial charge in [-0.25, -0.2) is 0 Å². The van der Waals surface area contributed by atoms with Crippen molar-refractivity contribution >= 4 is 23.1 Å². The van der Waals surface area contributed by atoms with Crippen molar-refractivity contribution in [2.75, 3.05) is 6.54 Å². The van der Waals surface area contributed by atoms with Gasteiger partial charge >= 0.3 is 0 Å². The minimum atomic E-state index is 0.422. The number of thioether (sulfide) groups is 1. The van der Waals surface area contributed by atoms with E-state index in [1.807, 2.05) is 11.8 Å². The van der Waals surface area contributed by atoms with Crippen LogP contribution in [0.25, 0.3) is 0 Å². The Morgan fingerprint density at radius 2 is 2.16 bits per heavy atom. The molecule has 0 fully saturated rings. The van der Waals surface area contributed by atoms with Crippen molar-refractivity contribution in [3.8, 4) is 11.8 Å². The molecule has 0 radical (unpaired) electrons. The maximum absolute atomic E-state index is 5.41. The molecule has 2 N–H and O–H groups in total. The molecule has 0 aliphatic rings. The van der Waals surface area contributed by atoms with Gasteiger partial charge in [-0.2, -0.15) is 11.8 Å². The molecule has 1 aromatic heterocycles. The van der Waals surface area contributed by atoms with Crippen LogP contribution in [0.3, 0.4) is 0 Å². The van der Waals surface area contributed by atoms with Gasteiger partial charge < -0.3 is 5.73 Å². The van der Waals surface area contributed by atoms with Crippen LogP contribution in [0.1, 0.15) is 21.6 Å². The van der Waals surface area contributed by atoms with Crippen LogP contribution in [0.4, 0.5) is 0 Å². The summed E-state index contributed by atoms with van der Waals surface area (Å²) in [4.78, 5) is 1.35. The predicted molar refractivity (Wildman–Crippen MR) is 86.4 cm³/mol. The van der Waals surface area contributed by atoms with Crippen molar-refractivity contribution in [2.45, 2.75) is 18.4 Å². The smallest absolute Gasteiger partial charge is 0.0555 e. The molecule has 1 heterocycles. The lowest BCUT2D eigenvalue weighted by atomic mass is 10.2. The lowest BCUT2D eigenvalue weighted by Crippen LogP contribution is -1.93. The SMILES string of the molecule is Cc1cccc(CSCc2sccc2C#CCN)c1. The number of benzene rings is 1. The molecule has 0 aliphatic carbocycles. The van der Waals surface area contributed by atoms with E-state index in [9.17, 15) is 0 Å². The predicted octanol–water partition coefficient (Wildman–Crippen LogP) is 3.80. The van der Waals surface area contributed by atoms with Gasteiger partial charge in [0.2, 0.25) is 0 Å². The Hall–Kier alpha value is -1.21. The first-order chi connectivity index (χ1) is 9.29. The molecule has 2 rings (SSSR count). The lowest BCUT2D eigenvalue weighted by molar-refractivity contribution is 1.30. The molecule has 0 amide bonds. The Morgan fingerprint density at radius 1 is 1.26 bits per heavy atom. The van der Waals surface area contributed by atoms with Gasteiger partial charge in [0, 0.05) is 21.9 Å². The topological polar surface area (TPSA) is 26.0 Å². The van der Waals surface area contributed by atoms with E-state index < -0.39 is 0 Å². The van der Waals surface area contributed by atoms with Crippen LogP contribution < -0.4 is 5.73 Å². The van der Waals surface area contributed by atoms with E-state index in [1.54, 1.807) is 11.3 Å². The zero-order valence-electron chi connectivity index (χ0n) is 11.0. The summed E-state index contributed by atoms with van der Waals surface area (Å²) >= 11 is 3.71. The number of nitrogens with two attached hydrogens (primary N) is 1. The fourth-order valence-corrected chi connectivity index (χ4v) is 3.77. The minimum Gasteiger partial charge on any atom is -0.320 e. The van der Waals surface area contributed by atoms with Crippen molar-refractivity contribution in [1.82, 2.24) is 0 Å². The van der Waals surface area contributed by atoms with Crippen LogP contribution in [0, 0.1) is 18.8 Å². The Labute approximate surface area is 123 Å². The molecule has 0 atom stereocenters. The molecule has 0 aliphatic heterocycles. The number of rotatable bonds is 4. The highest BCUT2D eigenvalue weighted by Gasteiger charge is 2.02. The maximum atomic E-state index is 5.41. The standard InChI is InChI=1S/C16H17NS2/c1-13-4-2-5-14(10-13)11-18-12-16-15(6-3-8-17)7-9-19-16/h2,4-5,7,9-10H,8,11-12,17H2,1H3. The van der Waals surface area contributed by atoms with E-state index >= 15 is 0 Å². The van der Waals surface area contributed by atoms with Crippen molar-refractivity contribution in [2.24, 2.45) is 5.73 Å². The molecular weight excluding hydrogens is 270 g/mol. The van der Waals surface area contributed by atoms with Gasteiger partial charge in [-0.3, -0.25) is 0 Å². The first-order valence-corrected chi connectivity index (χ1v) is 8.21. The summed E-state index contributed by atoms with van der Waals surface area (Å²) in [5.74, 6) is 8.11.